The normalized spacial score (nSPS) is 10.1. The smallest absolute Gasteiger partial charge is 0.194 e. The molecule has 1 rings (SSSR count). The van der Waals surface area contributed by atoms with E-state index in [2.05, 4.69) is 17.2 Å². The summed E-state index contributed by atoms with van der Waals surface area (Å²) in [7, 11) is 0. The summed E-state index contributed by atoms with van der Waals surface area (Å²) in [5, 5.41) is 11.4. The number of guanidine groups is 1. The molecule has 4 N–H and O–H groups in total. The fraction of sp³-hybridized carbons (Fsp3) is 0.533. The molecule has 21 heavy (non-hydrogen) atoms. The molecule has 0 fully saturated rings. The summed E-state index contributed by atoms with van der Waals surface area (Å²) >= 11 is 5.33. The number of aromatic nitrogens is 1. The van der Waals surface area contributed by atoms with Crippen LogP contribution in [0.3, 0.4) is 0 Å². The lowest BCUT2D eigenvalue weighted by molar-refractivity contribution is 0.569. The molecule has 0 aromatic carbocycles. The average Bonchev–Trinajstić information content (AvgIpc) is 2.48. The highest BCUT2D eigenvalue weighted by Crippen LogP contribution is 2.01. The van der Waals surface area contributed by atoms with E-state index in [1.165, 1.54) is 19.3 Å². The predicted octanol–water partition coefficient (Wildman–Crippen LogP) is 2.27. The Balaban J connectivity index is 2.38. The Morgan fingerprint density at radius 1 is 1.33 bits per heavy atom. The summed E-state index contributed by atoms with van der Waals surface area (Å²) in [5.74, 6) is -0.0184. The highest BCUT2D eigenvalue weighted by atomic mass is 32.1. The lowest BCUT2D eigenvalue weighted by Crippen LogP contribution is -2.47. The Bertz CT molecular complexity index is 435. The number of unbranched alkanes of at least 4 members (excludes halogenated alkanes) is 3. The van der Waals surface area contributed by atoms with Gasteiger partial charge in [0.25, 0.3) is 0 Å². The number of pyridine rings is 1. The van der Waals surface area contributed by atoms with Crippen LogP contribution in [-0.4, -0.2) is 34.0 Å². The van der Waals surface area contributed by atoms with Gasteiger partial charge in [-0.25, -0.2) is 0 Å². The number of thiocarbonyl (C=S) groups is 1. The Kier molecular flexibility index (Phi) is 8.35. The summed E-state index contributed by atoms with van der Waals surface area (Å²) in [6, 6.07) is 3.92. The summed E-state index contributed by atoms with van der Waals surface area (Å²) < 4.78 is 0. The molecule has 0 saturated heterocycles. The van der Waals surface area contributed by atoms with E-state index in [0.717, 1.165) is 24.9 Å². The minimum absolute atomic E-state index is 0.0184. The average molecular weight is 307 g/mol. The maximum Gasteiger partial charge on any atom is 0.194 e. The molecule has 116 valence electrons. The van der Waals surface area contributed by atoms with Crippen LogP contribution in [-0.2, 0) is 6.42 Å². The summed E-state index contributed by atoms with van der Waals surface area (Å²) in [6.07, 6.45) is 9.05. The molecule has 0 bridgehead atoms. The first-order valence-corrected chi connectivity index (χ1v) is 7.84. The van der Waals surface area contributed by atoms with Crippen LogP contribution in [0.25, 0.3) is 0 Å². The third-order valence-corrected chi connectivity index (χ3v) is 3.58. The molecule has 0 amide bonds. The van der Waals surface area contributed by atoms with Crippen LogP contribution in [0.15, 0.2) is 24.5 Å². The van der Waals surface area contributed by atoms with Crippen molar-refractivity contribution in [1.82, 2.24) is 15.2 Å². The van der Waals surface area contributed by atoms with Gasteiger partial charge in [0.2, 0.25) is 0 Å². The number of nitrogens with two attached hydrogens (primary N) is 1. The lowest BCUT2D eigenvalue weighted by Gasteiger charge is -2.24. The standard InChI is InChI=1S/C15H25N5S/c1-2-3-4-5-9-19-15(21)20(14(16)17)12-8-13-6-10-18-11-7-13/h6-7,10-11H,2-5,8-9,12H2,1H3,(H3,16,17)(H,19,21). The van der Waals surface area contributed by atoms with Crippen LogP contribution in [0.2, 0.25) is 0 Å². The molecule has 1 aromatic rings. The molecule has 0 radical (unpaired) electrons. The van der Waals surface area contributed by atoms with Gasteiger partial charge in [0.1, 0.15) is 0 Å². The minimum atomic E-state index is -0.0184. The molecule has 0 aliphatic heterocycles. The Labute approximate surface area is 132 Å². The molecule has 0 saturated carbocycles. The first-order chi connectivity index (χ1) is 10.1. The molecule has 0 aliphatic rings. The van der Waals surface area contributed by atoms with Crippen LogP contribution >= 0.6 is 12.2 Å². The van der Waals surface area contributed by atoms with Crippen LogP contribution in [0, 0.1) is 5.41 Å². The fourth-order valence-corrected chi connectivity index (χ4v) is 2.26. The topological polar surface area (TPSA) is 78.0 Å². The Morgan fingerprint density at radius 3 is 2.67 bits per heavy atom. The molecule has 0 aliphatic carbocycles. The predicted molar refractivity (Wildman–Crippen MR) is 91.3 cm³/mol. The van der Waals surface area contributed by atoms with E-state index >= 15 is 0 Å². The fourth-order valence-electron chi connectivity index (χ4n) is 1.96. The summed E-state index contributed by atoms with van der Waals surface area (Å²) in [5.41, 5.74) is 6.78. The number of rotatable bonds is 8. The van der Waals surface area contributed by atoms with Crippen molar-refractivity contribution in [1.29, 1.82) is 5.41 Å². The molecule has 6 heteroatoms. The monoisotopic (exact) mass is 307 g/mol. The molecule has 1 heterocycles. The number of hydrogen-bond donors (Lipinski definition) is 3. The highest BCUT2D eigenvalue weighted by Gasteiger charge is 2.12. The zero-order valence-electron chi connectivity index (χ0n) is 12.6. The first-order valence-electron chi connectivity index (χ1n) is 7.43. The second kappa shape index (κ2) is 10.1. The van der Waals surface area contributed by atoms with Gasteiger partial charge < -0.3 is 11.1 Å². The second-order valence-corrected chi connectivity index (χ2v) is 5.32. The summed E-state index contributed by atoms with van der Waals surface area (Å²) in [6.45, 7) is 3.62. The Hall–Kier alpha value is -1.69. The molecule has 1 aromatic heterocycles. The maximum absolute atomic E-state index is 7.66. The molecule has 0 atom stereocenters. The molecule has 5 nitrogen and oxygen atoms in total. The van der Waals surface area contributed by atoms with Crippen molar-refractivity contribution in [3.63, 3.8) is 0 Å². The summed E-state index contributed by atoms with van der Waals surface area (Å²) in [4.78, 5) is 5.62. The SMILES string of the molecule is CCCCCCNC(=S)N(CCc1ccncc1)C(=N)N. The second-order valence-electron chi connectivity index (χ2n) is 4.93. The van der Waals surface area contributed by atoms with E-state index in [4.69, 9.17) is 23.4 Å². The van der Waals surface area contributed by atoms with E-state index in [9.17, 15) is 0 Å². The van der Waals surface area contributed by atoms with Crippen molar-refractivity contribution in [2.75, 3.05) is 13.1 Å². The third-order valence-electron chi connectivity index (χ3n) is 3.22. The largest absolute Gasteiger partial charge is 0.370 e. The van der Waals surface area contributed by atoms with Gasteiger partial charge in [0, 0.05) is 25.5 Å². The third kappa shape index (κ3) is 7.04. The molecular formula is C15H25N5S. The quantitative estimate of drug-likeness (QED) is 0.297. The van der Waals surface area contributed by atoms with Gasteiger partial charge in [0.05, 0.1) is 0 Å². The van der Waals surface area contributed by atoms with Crippen molar-refractivity contribution < 1.29 is 0 Å². The van der Waals surface area contributed by atoms with Crippen molar-refractivity contribution >= 4 is 23.3 Å². The number of nitrogens with zero attached hydrogens (tertiary/aromatic N) is 2. The maximum atomic E-state index is 7.66. The van der Waals surface area contributed by atoms with Crippen molar-refractivity contribution in [2.24, 2.45) is 5.73 Å². The van der Waals surface area contributed by atoms with Crippen LogP contribution in [0.5, 0.6) is 0 Å². The van der Waals surface area contributed by atoms with E-state index in [0.29, 0.717) is 11.7 Å². The van der Waals surface area contributed by atoms with E-state index in [1.54, 1.807) is 17.3 Å². The number of hydrogen-bond acceptors (Lipinski definition) is 3. The highest BCUT2D eigenvalue weighted by molar-refractivity contribution is 7.80. The van der Waals surface area contributed by atoms with Gasteiger partial charge in [-0.1, -0.05) is 26.2 Å². The first kappa shape index (κ1) is 17.4. The number of nitrogens with one attached hydrogen (secondary N) is 2. The van der Waals surface area contributed by atoms with Crippen LogP contribution in [0.1, 0.15) is 38.2 Å². The van der Waals surface area contributed by atoms with Gasteiger partial charge in [-0.3, -0.25) is 15.3 Å². The van der Waals surface area contributed by atoms with Crippen molar-refractivity contribution in [2.45, 2.75) is 39.0 Å². The van der Waals surface area contributed by atoms with Gasteiger partial charge >= 0.3 is 0 Å². The van der Waals surface area contributed by atoms with Crippen molar-refractivity contribution in [3.05, 3.63) is 30.1 Å². The Morgan fingerprint density at radius 2 is 2.05 bits per heavy atom. The molecule has 0 unspecified atom stereocenters. The minimum Gasteiger partial charge on any atom is -0.370 e. The zero-order valence-corrected chi connectivity index (χ0v) is 13.5. The van der Waals surface area contributed by atoms with Gasteiger partial charge in [0.15, 0.2) is 11.1 Å². The van der Waals surface area contributed by atoms with Gasteiger partial charge in [-0.05, 0) is 42.8 Å². The van der Waals surface area contributed by atoms with E-state index < -0.39 is 0 Å². The van der Waals surface area contributed by atoms with Gasteiger partial charge in [-0.15, -0.1) is 0 Å². The molecular weight excluding hydrogens is 282 g/mol. The van der Waals surface area contributed by atoms with E-state index in [-0.39, 0.29) is 5.96 Å². The molecule has 0 spiro atoms. The van der Waals surface area contributed by atoms with Crippen molar-refractivity contribution in [3.8, 4) is 0 Å². The van der Waals surface area contributed by atoms with E-state index in [1.807, 2.05) is 12.1 Å². The zero-order chi connectivity index (χ0) is 15.5. The van der Waals surface area contributed by atoms with Crippen LogP contribution in [0.4, 0.5) is 0 Å². The van der Waals surface area contributed by atoms with Crippen LogP contribution < -0.4 is 11.1 Å². The lowest BCUT2D eigenvalue weighted by atomic mass is 10.2. The van der Waals surface area contributed by atoms with Gasteiger partial charge in [-0.2, -0.15) is 0 Å².